The van der Waals surface area contributed by atoms with E-state index < -0.39 is 0 Å². The van der Waals surface area contributed by atoms with Crippen molar-refractivity contribution in [1.29, 1.82) is 0 Å². The van der Waals surface area contributed by atoms with Gasteiger partial charge in [0.1, 0.15) is 11.6 Å². The number of ether oxygens (including phenoxy) is 3. The maximum atomic E-state index is 13.6. The molecule has 1 fully saturated rings. The molecular formula is C22H23FN2O4. The number of amides is 1. The summed E-state index contributed by atoms with van der Waals surface area (Å²) in [5, 5.41) is 0. The van der Waals surface area contributed by atoms with Crippen molar-refractivity contribution in [3.63, 3.8) is 0 Å². The molecule has 2 aromatic carbocycles. The van der Waals surface area contributed by atoms with Crippen LogP contribution in [0.2, 0.25) is 0 Å². The van der Waals surface area contributed by atoms with E-state index >= 15 is 0 Å². The lowest BCUT2D eigenvalue weighted by molar-refractivity contribution is -0.127. The van der Waals surface area contributed by atoms with Crippen molar-refractivity contribution in [1.82, 2.24) is 9.80 Å². The van der Waals surface area contributed by atoms with Gasteiger partial charge in [-0.15, -0.1) is 0 Å². The number of hydrogen-bond donors (Lipinski definition) is 0. The standard InChI is InChI=1S/C22H23FN2O4/c1-27-19-6-4-18(23)13-17(19)14-24-8-10-25(11-9-24)22(26)7-3-16-2-5-20-21(12-16)29-15-28-20/h2-7,12-13H,8-11,14-15H2,1H3/b7-3+. The van der Waals surface area contributed by atoms with E-state index in [1.165, 1.54) is 12.1 Å². The van der Waals surface area contributed by atoms with Crippen LogP contribution in [0.15, 0.2) is 42.5 Å². The van der Waals surface area contributed by atoms with Gasteiger partial charge in [-0.25, -0.2) is 4.39 Å². The molecule has 29 heavy (non-hydrogen) atoms. The number of rotatable bonds is 5. The Morgan fingerprint density at radius 2 is 1.90 bits per heavy atom. The number of carbonyl (C=O) groups is 1. The Morgan fingerprint density at radius 3 is 2.69 bits per heavy atom. The van der Waals surface area contributed by atoms with Crippen LogP contribution in [0.4, 0.5) is 4.39 Å². The zero-order valence-electron chi connectivity index (χ0n) is 16.3. The minimum Gasteiger partial charge on any atom is -0.496 e. The number of hydrogen-bond acceptors (Lipinski definition) is 5. The van der Waals surface area contributed by atoms with E-state index in [0.29, 0.717) is 31.1 Å². The summed E-state index contributed by atoms with van der Waals surface area (Å²) in [7, 11) is 1.58. The van der Waals surface area contributed by atoms with Crippen LogP contribution in [0, 0.1) is 5.82 Å². The van der Waals surface area contributed by atoms with Crippen molar-refractivity contribution in [2.24, 2.45) is 0 Å². The van der Waals surface area contributed by atoms with E-state index in [1.54, 1.807) is 25.3 Å². The number of halogens is 1. The van der Waals surface area contributed by atoms with Gasteiger partial charge < -0.3 is 19.1 Å². The van der Waals surface area contributed by atoms with Gasteiger partial charge in [0.2, 0.25) is 12.7 Å². The SMILES string of the molecule is COc1ccc(F)cc1CN1CCN(C(=O)/C=C/c2ccc3c(c2)OCO3)CC1. The lowest BCUT2D eigenvalue weighted by atomic mass is 10.1. The highest BCUT2D eigenvalue weighted by atomic mass is 19.1. The number of carbonyl (C=O) groups excluding carboxylic acids is 1. The van der Waals surface area contributed by atoms with Gasteiger partial charge in [0.25, 0.3) is 0 Å². The predicted octanol–water partition coefficient (Wildman–Crippen LogP) is 2.92. The zero-order valence-corrected chi connectivity index (χ0v) is 16.3. The molecule has 0 saturated carbocycles. The second-order valence-electron chi connectivity index (χ2n) is 7.00. The summed E-state index contributed by atoms with van der Waals surface area (Å²) in [5.41, 5.74) is 1.70. The van der Waals surface area contributed by atoms with Crippen LogP contribution in [0.1, 0.15) is 11.1 Å². The third kappa shape index (κ3) is 4.51. The van der Waals surface area contributed by atoms with Crippen LogP contribution in [0.25, 0.3) is 6.08 Å². The average molecular weight is 398 g/mol. The minimum atomic E-state index is -0.275. The highest BCUT2D eigenvalue weighted by Crippen LogP contribution is 2.32. The first-order valence-corrected chi connectivity index (χ1v) is 9.54. The number of benzene rings is 2. The maximum absolute atomic E-state index is 13.6. The minimum absolute atomic E-state index is 0.0225. The monoisotopic (exact) mass is 398 g/mol. The summed E-state index contributed by atoms with van der Waals surface area (Å²) in [6, 6.07) is 10.1. The van der Waals surface area contributed by atoms with Crippen LogP contribution in [0.5, 0.6) is 17.2 Å². The molecule has 0 aliphatic carbocycles. The van der Waals surface area contributed by atoms with Gasteiger partial charge in [-0.2, -0.15) is 0 Å². The first-order valence-electron chi connectivity index (χ1n) is 9.54. The summed E-state index contributed by atoms with van der Waals surface area (Å²) < 4.78 is 29.5. The predicted molar refractivity (Wildman–Crippen MR) is 106 cm³/mol. The van der Waals surface area contributed by atoms with E-state index in [9.17, 15) is 9.18 Å². The summed E-state index contributed by atoms with van der Waals surface area (Å²) in [6.07, 6.45) is 3.37. The molecule has 152 valence electrons. The normalized spacial score (nSPS) is 16.4. The van der Waals surface area contributed by atoms with Crippen molar-refractivity contribution in [3.8, 4) is 17.2 Å². The van der Waals surface area contributed by atoms with E-state index in [2.05, 4.69) is 4.90 Å². The van der Waals surface area contributed by atoms with Gasteiger partial charge in [0.15, 0.2) is 11.5 Å². The Bertz CT molecular complexity index is 923. The number of piperazine rings is 1. The van der Waals surface area contributed by atoms with Gasteiger partial charge in [0, 0.05) is 44.4 Å². The van der Waals surface area contributed by atoms with Gasteiger partial charge >= 0.3 is 0 Å². The highest BCUT2D eigenvalue weighted by molar-refractivity contribution is 5.92. The lowest BCUT2D eigenvalue weighted by Crippen LogP contribution is -2.47. The van der Waals surface area contributed by atoms with E-state index in [1.807, 2.05) is 23.1 Å². The fraction of sp³-hybridized carbons (Fsp3) is 0.318. The van der Waals surface area contributed by atoms with Crippen LogP contribution in [-0.4, -0.2) is 55.8 Å². The first kappa shape index (κ1) is 19.3. The Labute approximate surface area is 169 Å². The number of methoxy groups -OCH3 is 1. The Morgan fingerprint density at radius 1 is 1.10 bits per heavy atom. The van der Waals surface area contributed by atoms with E-state index in [-0.39, 0.29) is 18.5 Å². The molecular weight excluding hydrogens is 375 g/mol. The quantitative estimate of drug-likeness (QED) is 0.725. The first-order chi connectivity index (χ1) is 14.1. The Kier molecular flexibility index (Phi) is 5.67. The summed E-state index contributed by atoms with van der Waals surface area (Å²) in [4.78, 5) is 16.5. The smallest absolute Gasteiger partial charge is 0.246 e. The fourth-order valence-electron chi connectivity index (χ4n) is 3.53. The molecule has 0 bridgehead atoms. The number of fused-ring (bicyclic) bond motifs is 1. The maximum Gasteiger partial charge on any atom is 0.246 e. The highest BCUT2D eigenvalue weighted by Gasteiger charge is 2.21. The number of nitrogens with zero attached hydrogens (tertiary/aromatic N) is 2. The van der Waals surface area contributed by atoms with Crippen molar-refractivity contribution in [3.05, 3.63) is 59.4 Å². The Balaban J connectivity index is 1.31. The summed E-state index contributed by atoms with van der Waals surface area (Å²) in [5.74, 6) is 1.80. The third-order valence-corrected chi connectivity index (χ3v) is 5.14. The third-order valence-electron chi connectivity index (χ3n) is 5.14. The molecule has 7 heteroatoms. The Hall–Kier alpha value is -3.06. The van der Waals surface area contributed by atoms with E-state index in [4.69, 9.17) is 14.2 Å². The van der Waals surface area contributed by atoms with Crippen molar-refractivity contribution < 1.29 is 23.4 Å². The molecule has 2 aliphatic rings. The lowest BCUT2D eigenvalue weighted by Gasteiger charge is -2.34. The van der Waals surface area contributed by atoms with E-state index in [0.717, 1.165) is 30.0 Å². The van der Waals surface area contributed by atoms with Gasteiger partial charge in [-0.1, -0.05) is 6.07 Å². The van der Waals surface area contributed by atoms with Crippen molar-refractivity contribution >= 4 is 12.0 Å². The van der Waals surface area contributed by atoms with Crippen LogP contribution in [-0.2, 0) is 11.3 Å². The molecule has 2 heterocycles. The molecule has 4 rings (SSSR count). The van der Waals surface area contributed by atoms with Gasteiger partial charge in [-0.05, 0) is 42.0 Å². The average Bonchev–Trinajstić information content (AvgIpc) is 3.21. The molecule has 1 saturated heterocycles. The molecule has 0 spiro atoms. The second kappa shape index (κ2) is 8.53. The van der Waals surface area contributed by atoms with Crippen molar-refractivity contribution in [2.75, 3.05) is 40.1 Å². The zero-order chi connectivity index (χ0) is 20.2. The van der Waals surface area contributed by atoms with Crippen LogP contribution >= 0.6 is 0 Å². The molecule has 6 nitrogen and oxygen atoms in total. The molecule has 0 atom stereocenters. The summed E-state index contributed by atoms with van der Waals surface area (Å²) in [6.45, 7) is 3.53. The van der Waals surface area contributed by atoms with Crippen LogP contribution < -0.4 is 14.2 Å². The second-order valence-corrected chi connectivity index (χ2v) is 7.00. The van der Waals surface area contributed by atoms with Gasteiger partial charge in [0.05, 0.1) is 7.11 Å². The molecule has 2 aliphatic heterocycles. The fourth-order valence-corrected chi connectivity index (χ4v) is 3.53. The molecule has 0 N–H and O–H groups in total. The molecule has 2 aromatic rings. The van der Waals surface area contributed by atoms with Crippen molar-refractivity contribution in [2.45, 2.75) is 6.54 Å². The molecule has 0 aromatic heterocycles. The summed E-state index contributed by atoms with van der Waals surface area (Å²) >= 11 is 0. The van der Waals surface area contributed by atoms with Crippen LogP contribution in [0.3, 0.4) is 0 Å². The molecule has 0 unspecified atom stereocenters. The molecule has 1 amide bonds. The topological polar surface area (TPSA) is 51.2 Å². The molecule has 0 radical (unpaired) electrons. The van der Waals surface area contributed by atoms with Gasteiger partial charge in [-0.3, -0.25) is 9.69 Å². The largest absolute Gasteiger partial charge is 0.496 e.